The molecule has 13 nitrogen and oxygen atoms in total. The number of fused-ring (bicyclic) bond motifs is 3. The first-order valence-electron chi connectivity index (χ1n) is 34.2. The Kier molecular flexibility index (Phi) is 21.8. The Balaban J connectivity index is 1.14. The number of hydrogen-bond donors (Lipinski definition) is 0. The standard InChI is InChI=1S/C92H81N3O10/c1-96-74-33-11-62(12-34-74)86(63-13-35-75(97-2)36-14-63)57-93(58-87(64-15-37-76(98-3)38-16-64)65-17-39-77(99-4)40-18-65)72-31-53-91-84(55-72)85-56-73(32-54-92(85)95(91)61-90(70-27-49-82(104-9)50-28-70)71-29-51-83(105-10)52-30-71)94(59-88(66-19-41-78(100-5)42-20-66)67-21-43-79(101-6)44-22-67)60-89(68-23-45-80(102-7)46-24-68)69-25-47-81(103-8)48-26-69/h11-61H,1-10H3. The van der Waals surface area contributed by atoms with E-state index in [0.717, 1.165) is 174 Å². The van der Waals surface area contributed by atoms with Gasteiger partial charge in [-0.05, 0) is 213 Å². The van der Waals surface area contributed by atoms with Crippen LogP contribution >= 0.6 is 0 Å². The Labute approximate surface area is 613 Å². The van der Waals surface area contributed by atoms with Crippen molar-refractivity contribution in [3.8, 4) is 57.5 Å². The second-order valence-electron chi connectivity index (χ2n) is 24.6. The molecular formula is C92H81N3O10. The van der Waals surface area contributed by atoms with E-state index in [4.69, 9.17) is 47.4 Å². The van der Waals surface area contributed by atoms with E-state index in [1.54, 1.807) is 71.1 Å². The molecule has 0 amide bonds. The van der Waals surface area contributed by atoms with Gasteiger partial charge in [-0.3, -0.25) is 0 Å². The van der Waals surface area contributed by atoms with Gasteiger partial charge in [-0.25, -0.2) is 0 Å². The van der Waals surface area contributed by atoms with Gasteiger partial charge in [-0.2, -0.15) is 0 Å². The molecule has 0 aliphatic heterocycles. The normalized spacial score (nSPS) is 10.8. The van der Waals surface area contributed by atoms with Crippen molar-refractivity contribution in [1.82, 2.24) is 4.57 Å². The fraction of sp³-hybridized carbons (Fsp3) is 0.109. The maximum atomic E-state index is 5.75. The van der Waals surface area contributed by atoms with Crippen LogP contribution in [0, 0.1) is 0 Å². The maximum absolute atomic E-state index is 5.75. The minimum absolute atomic E-state index is 0.739. The molecule has 1 heterocycles. The van der Waals surface area contributed by atoms with E-state index in [1.807, 2.05) is 121 Å². The van der Waals surface area contributed by atoms with E-state index in [9.17, 15) is 0 Å². The van der Waals surface area contributed by atoms with Gasteiger partial charge in [0.15, 0.2) is 0 Å². The van der Waals surface area contributed by atoms with Crippen LogP contribution in [0.3, 0.4) is 0 Å². The predicted octanol–water partition coefficient (Wildman–Crippen LogP) is 20.9. The van der Waals surface area contributed by atoms with Gasteiger partial charge in [0.1, 0.15) is 57.5 Å². The summed E-state index contributed by atoms with van der Waals surface area (Å²) < 4.78 is 59.8. The average Bonchev–Trinajstić information content (AvgIpc) is 1.61. The van der Waals surface area contributed by atoms with E-state index in [1.165, 1.54) is 0 Å². The topological polar surface area (TPSA) is 104 Å². The molecule has 0 saturated heterocycles. The molecule has 13 aromatic rings. The zero-order chi connectivity index (χ0) is 72.8. The number of aromatic nitrogens is 1. The summed E-state index contributed by atoms with van der Waals surface area (Å²) in [6, 6.07) is 95.2. The summed E-state index contributed by atoms with van der Waals surface area (Å²) in [6.45, 7) is 0. The molecule has 105 heavy (non-hydrogen) atoms. The van der Waals surface area contributed by atoms with E-state index in [2.05, 4.69) is 203 Å². The number of rotatable bonds is 27. The number of hydrogen-bond acceptors (Lipinski definition) is 12. The lowest BCUT2D eigenvalue weighted by Crippen LogP contribution is -2.11. The van der Waals surface area contributed by atoms with Crippen LogP contribution in [0.1, 0.15) is 55.6 Å². The molecule has 0 unspecified atom stereocenters. The lowest BCUT2D eigenvalue weighted by Gasteiger charge is -2.23. The van der Waals surface area contributed by atoms with Crippen LogP contribution in [0.2, 0.25) is 0 Å². The van der Waals surface area contributed by atoms with Gasteiger partial charge in [0, 0.05) is 81.0 Å². The van der Waals surface area contributed by atoms with Crippen molar-refractivity contribution in [3.63, 3.8) is 0 Å². The van der Waals surface area contributed by atoms with Crippen LogP contribution in [0.15, 0.2) is 304 Å². The van der Waals surface area contributed by atoms with Gasteiger partial charge in [-0.1, -0.05) is 121 Å². The number of ether oxygens (including phenoxy) is 10. The first-order valence-corrected chi connectivity index (χ1v) is 34.2. The third-order valence-electron chi connectivity index (χ3n) is 18.7. The van der Waals surface area contributed by atoms with Crippen LogP contribution in [-0.4, -0.2) is 75.7 Å². The van der Waals surface area contributed by atoms with Gasteiger partial charge < -0.3 is 61.7 Å². The van der Waals surface area contributed by atoms with Crippen molar-refractivity contribution in [2.45, 2.75) is 0 Å². The zero-order valence-corrected chi connectivity index (χ0v) is 60.4. The summed E-state index contributed by atoms with van der Waals surface area (Å²) >= 11 is 0. The molecule has 0 aliphatic rings. The molecule has 0 saturated carbocycles. The van der Waals surface area contributed by atoms with E-state index >= 15 is 0 Å². The van der Waals surface area contributed by atoms with Crippen LogP contribution < -0.4 is 57.2 Å². The second-order valence-corrected chi connectivity index (χ2v) is 24.6. The zero-order valence-electron chi connectivity index (χ0n) is 60.4. The fourth-order valence-corrected chi connectivity index (χ4v) is 12.8. The van der Waals surface area contributed by atoms with Crippen LogP contribution in [0.5, 0.6) is 57.5 Å². The highest BCUT2D eigenvalue weighted by Gasteiger charge is 2.22. The molecule has 0 N–H and O–H groups in total. The Morgan fingerprint density at radius 3 is 0.533 bits per heavy atom. The Hall–Kier alpha value is -13.3. The van der Waals surface area contributed by atoms with Crippen molar-refractivity contribution in [3.05, 3.63) is 359 Å². The second kappa shape index (κ2) is 32.6. The third-order valence-corrected chi connectivity index (χ3v) is 18.7. The van der Waals surface area contributed by atoms with Crippen molar-refractivity contribution in [2.75, 3.05) is 80.9 Å². The molecule has 0 atom stereocenters. The lowest BCUT2D eigenvalue weighted by atomic mass is 9.97. The summed E-state index contributed by atoms with van der Waals surface area (Å²) in [5, 5.41) is 1.93. The molecule has 13 rings (SSSR count). The van der Waals surface area contributed by atoms with Gasteiger partial charge in [-0.15, -0.1) is 0 Å². The Morgan fingerprint density at radius 1 is 0.210 bits per heavy atom. The van der Waals surface area contributed by atoms with Crippen LogP contribution in [0.25, 0.3) is 55.9 Å². The Morgan fingerprint density at radius 2 is 0.371 bits per heavy atom. The first kappa shape index (κ1) is 70.2. The van der Waals surface area contributed by atoms with Gasteiger partial charge in [0.25, 0.3) is 0 Å². The number of anilines is 2. The van der Waals surface area contributed by atoms with E-state index in [0.29, 0.717) is 0 Å². The average molecular weight is 1390 g/mol. The summed E-state index contributed by atoms with van der Waals surface area (Å²) in [5.74, 6) is 7.41. The maximum Gasteiger partial charge on any atom is 0.118 e. The van der Waals surface area contributed by atoms with Gasteiger partial charge >= 0.3 is 0 Å². The number of methoxy groups -OCH3 is 10. The first-order chi connectivity index (χ1) is 51.5. The van der Waals surface area contributed by atoms with Crippen molar-refractivity contribution >= 4 is 67.2 Å². The van der Waals surface area contributed by atoms with Gasteiger partial charge in [0.05, 0.1) is 82.1 Å². The lowest BCUT2D eigenvalue weighted by molar-refractivity contribution is 0.414. The highest BCUT2D eigenvalue weighted by molar-refractivity contribution is 6.13. The molecule has 0 fully saturated rings. The molecule has 0 aliphatic carbocycles. The molecule has 0 bridgehead atoms. The summed E-state index contributed by atoms with van der Waals surface area (Å²) in [5.41, 5.74) is 17.9. The molecule has 13 heteroatoms. The molecule has 0 radical (unpaired) electrons. The van der Waals surface area contributed by atoms with Crippen LogP contribution in [0.4, 0.5) is 11.4 Å². The van der Waals surface area contributed by atoms with Crippen molar-refractivity contribution in [2.24, 2.45) is 0 Å². The molecule has 1 aromatic heterocycles. The molecule has 12 aromatic carbocycles. The summed E-state index contributed by atoms with van der Waals surface area (Å²) in [6.07, 6.45) is 11.1. The summed E-state index contributed by atoms with van der Waals surface area (Å²) in [4.78, 5) is 4.47. The van der Waals surface area contributed by atoms with E-state index in [-0.39, 0.29) is 0 Å². The number of nitrogens with zero attached hydrogens (tertiary/aromatic N) is 3. The molecule has 524 valence electrons. The smallest absolute Gasteiger partial charge is 0.118 e. The van der Waals surface area contributed by atoms with Crippen LogP contribution in [-0.2, 0) is 0 Å². The predicted molar refractivity (Wildman–Crippen MR) is 426 cm³/mol. The highest BCUT2D eigenvalue weighted by Crippen LogP contribution is 2.42. The number of benzene rings is 12. The fourth-order valence-electron chi connectivity index (χ4n) is 12.8. The van der Waals surface area contributed by atoms with E-state index < -0.39 is 0 Å². The minimum atomic E-state index is 0.739. The summed E-state index contributed by atoms with van der Waals surface area (Å²) in [7, 11) is 16.8. The molecular weight excluding hydrogens is 1310 g/mol. The SMILES string of the molecule is COc1ccc(C(=CN(C=C(c2ccc(OC)cc2)c2ccc(OC)cc2)c2ccc3c(c2)c2cc(N(C=C(c4ccc(OC)cc4)c4ccc(OC)cc4)C=C(c4ccc(OC)cc4)c4ccc(OC)cc4)ccc2n3C=C(c2ccc(OC)cc2)c2ccc(OC)cc2)c2ccc(OC)cc2)cc1. The van der Waals surface area contributed by atoms with Crippen molar-refractivity contribution < 1.29 is 47.4 Å². The highest BCUT2D eigenvalue weighted by atomic mass is 16.5. The molecule has 0 spiro atoms. The third kappa shape index (κ3) is 15.8. The Bertz CT molecular complexity index is 4530. The van der Waals surface area contributed by atoms with Gasteiger partial charge in [0.2, 0.25) is 0 Å². The quantitative estimate of drug-likeness (QED) is 0.0490. The minimum Gasteiger partial charge on any atom is -0.497 e. The monoisotopic (exact) mass is 1390 g/mol. The largest absolute Gasteiger partial charge is 0.497 e. The van der Waals surface area contributed by atoms with Crippen molar-refractivity contribution in [1.29, 1.82) is 0 Å².